The highest BCUT2D eigenvalue weighted by molar-refractivity contribution is 5.86. The number of esters is 1. The van der Waals surface area contributed by atoms with Gasteiger partial charge in [0.1, 0.15) is 6.10 Å². The van der Waals surface area contributed by atoms with Crippen LogP contribution in [0.25, 0.3) is 0 Å². The first-order valence-electron chi connectivity index (χ1n) is 4.87. The highest BCUT2D eigenvalue weighted by Crippen LogP contribution is 2.40. The molecule has 0 spiro atoms. The average molecular weight is 212 g/mol. The number of hydrogen-bond donors (Lipinski definition) is 1. The van der Waals surface area contributed by atoms with Gasteiger partial charge < -0.3 is 9.84 Å². The predicted molar refractivity (Wildman–Crippen MR) is 54.2 cm³/mol. The minimum atomic E-state index is -1.04. The van der Waals surface area contributed by atoms with Crippen molar-refractivity contribution in [2.45, 2.75) is 33.3 Å². The molecule has 0 amide bonds. The predicted octanol–water partition coefficient (Wildman–Crippen LogP) is 1.60. The maximum atomic E-state index is 11.2. The Bertz CT molecular complexity index is 317. The van der Waals surface area contributed by atoms with Crippen molar-refractivity contribution in [2.24, 2.45) is 11.3 Å². The zero-order valence-electron chi connectivity index (χ0n) is 9.24. The molecule has 4 heteroatoms. The lowest BCUT2D eigenvalue weighted by atomic mass is 9.77. The lowest BCUT2D eigenvalue weighted by Crippen LogP contribution is -2.33. The summed E-state index contributed by atoms with van der Waals surface area (Å²) in [6.45, 7) is 9.02. The summed E-state index contributed by atoms with van der Waals surface area (Å²) in [7, 11) is 0. The molecule has 1 aliphatic rings. The van der Waals surface area contributed by atoms with Crippen molar-refractivity contribution in [1.29, 1.82) is 0 Å². The van der Waals surface area contributed by atoms with Crippen molar-refractivity contribution in [2.75, 3.05) is 0 Å². The van der Waals surface area contributed by atoms with Gasteiger partial charge >= 0.3 is 11.9 Å². The Balaban J connectivity index is 2.84. The van der Waals surface area contributed by atoms with Crippen LogP contribution in [0.4, 0.5) is 0 Å². The molecule has 1 saturated heterocycles. The SMILES string of the molecule is C=C(C(=O)O)C(C)C1OC(=O)CC1(C)C. The summed E-state index contributed by atoms with van der Waals surface area (Å²) in [5, 5.41) is 8.81. The summed E-state index contributed by atoms with van der Waals surface area (Å²) in [5.41, 5.74) is -0.239. The second-order valence-corrected chi connectivity index (χ2v) is 4.69. The van der Waals surface area contributed by atoms with E-state index in [1.807, 2.05) is 13.8 Å². The lowest BCUT2D eigenvalue weighted by Gasteiger charge is -2.29. The fourth-order valence-electron chi connectivity index (χ4n) is 1.97. The standard InChI is InChI=1S/C11H16O4/c1-6(7(2)10(13)14)9-11(3,4)5-8(12)15-9/h6,9H,2,5H2,1,3-4H3,(H,13,14). The van der Waals surface area contributed by atoms with Crippen molar-refractivity contribution in [3.63, 3.8) is 0 Å². The number of carbonyl (C=O) groups is 2. The van der Waals surface area contributed by atoms with Crippen LogP contribution in [0.3, 0.4) is 0 Å². The lowest BCUT2D eigenvalue weighted by molar-refractivity contribution is -0.144. The van der Waals surface area contributed by atoms with Crippen molar-refractivity contribution in [1.82, 2.24) is 0 Å². The molecule has 0 radical (unpaired) electrons. The highest BCUT2D eigenvalue weighted by Gasteiger charge is 2.45. The molecule has 1 heterocycles. The molecule has 0 aliphatic carbocycles. The van der Waals surface area contributed by atoms with Crippen LogP contribution < -0.4 is 0 Å². The molecule has 1 rings (SSSR count). The van der Waals surface area contributed by atoms with Gasteiger partial charge in [-0.2, -0.15) is 0 Å². The highest BCUT2D eigenvalue weighted by atomic mass is 16.6. The van der Waals surface area contributed by atoms with E-state index in [2.05, 4.69) is 6.58 Å². The fraction of sp³-hybridized carbons (Fsp3) is 0.636. The Labute approximate surface area is 88.9 Å². The average Bonchev–Trinajstić information content (AvgIpc) is 2.36. The molecule has 0 aromatic carbocycles. The summed E-state index contributed by atoms with van der Waals surface area (Å²) in [6, 6.07) is 0. The van der Waals surface area contributed by atoms with Gasteiger partial charge in [-0.1, -0.05) is 27.4 Å². The van der Waals surface area contributed by atoms with Crippen LogP contribution in [0.5, 0.6) is 0 Å². The van der Waals surface area contributed by atoms with E-state index in [1.165, 1.54) is 0 Å². The number of rotatable bonds is 3. The fourth-order valence-corrected chi connectivity index (χ4v) is 1.97. The Morgan fingerprint density at radius 2 is 2.20 bits per heavy atom. The monoisotopic (exact) mass is 212 g/mol. The van der Waals surface area contributed by atoms with Crippen LogP contribution >= 0.6 is 0 Å². The molecular formula is C11H16O4. The van der Waals surface area contributed by atoms with Crippen molar-refractivity contribution < 1.29 is 19.4 Å². The zero-order chi connectivity index (χ0) is 11.8. The number of carboxylic acids is 1. The summed E-state index contributed by atoms with van der Waals surface area (Å²) < 4.78 is 5.15. The Morgan fingerprint density at radius 3 is 2.53 bits per heavy atom. The van der Waals surface area contributed by atoms with E-state index in [0.717, 1.165) is 0 Å². The van der Waals surface area contributed by atoms with Gasteiger partial charge in [-0.25, -0.2) is 4.79 Å². The molecule has 1 N–H and O–H groups in total. The number of hydrogen-bond acceptors (Lipinski definition) is 3. The summed E-state index contributed by atoms with van der Waals surface area (Å²) in [4.78, 5) is 21.9. The van der Waals surface area contributed by atoms with E-state index in [0.29, 0.717) is 6.42 Å². The second kappa shape index (κ2) is 3.68. The smallest absolute Gasteiger partial charge is 0.331 e. The quantitative estimate of drug-likeness (QED) is 0.570. The van der Waals surface area contributed by atoms with Gasteiger partial charge in [0.2, 0.25) is 0 Å². The molecule has 0 saturated carbocycles. The van der Waals surface area contributed by atoms with Crippen molar-refractivity contribution >= 4 is 11.9 Å². The minimum absolute atomic E-state index is 0.0859. The maximum absolute atomic E-state index is 11.2. The Morgan fingerprint density at radius 1 is 1.67 bits per heavy atom. The van der Waals surface area contributed by atoms with E-state index < -0.39 is 12.1 Å². The number of carboxylic acid groups (broad SMARTS) is 1. The Kier molecular flexibility index (Phi) is 2.88. The number of carbonyl (C=O) groups excluding carboxylic acids is 1. The summed E-state index contributed by atoms with van der Waals surface area (Å²) in [5.74, 6) is -1.67. The number of cyclic esters (lactones) is 1. The number of ether oxygens (including phenoxy) is 1. The van der Waals surface area contributed by atoms with Crippen molar-refractivity contribution in [3.8, 4) is 0 Å². The Hall–Kier alpha value is -1.32. The van der Waals surface area contributed by atoms with E-state index >= 15 is 0 Å². The zero-order valence-corrected chi connectivity index (χ0v) is 9.24. The van der Waals surface area contributed by atoms with Crippen LogP contribution in [0.15, 0.2) is 12.2 Å². The first-order chi connectivity index (χ1) is 6.75. The van der Waals surface area contributed by atoms with E-state index in [9.17, 15) is 9.59 Å². The third kappa shape index (κ3) is 2.19. The van der Waals surface area contributed by atoms with Crippen LogP contribution in [0.1, 0.15) is 27.2 Å². The second-order valence-electron chi connectivity index (χ2n) is 4.69. The largest absolute Gasteiger partial charge is 0.478 e. The van der Waals surface area contributed by atoms with E-state index in [1.54, 1.807) is 6.92 Å². The molecule has 0 aromatic rings. The van der Waals surface area contributed by atoms with Crippen molar-refractivity contribution in [3.05, 3.63) is 12.2 Å². The van der Waals surface area contributed by atoms with Crippen LogP contribution in [0.2, 0.25) is 0 Å². The molecule has 4 nitrogen and oxygen atoms in total. The molecule has 0 aromatic heterocycles. The van der Waals surface area contributed by atoms with Gasteiger partial charge in [-0.3, -0.25) is 4.79 Å². The van der Waals surface area contributed by atoms with Gasteiger partial charge in [-0.05, 0) is 0 Å². The first kappa shape index (κ1) is 11.8. The van der Waals surface area contributed by atoms with Gasteiger partial charge in [0.05, 0.1) is 6.42 Å². The molecule has 84 valence electrons. The van der Waals surface area contributed by atoms with Gasteiger partial charge in [0.25, 0.3) is 0 Å². The minimum Gasteiger partial charge on any atom is -0.478 e. The van der Waals surface area contributed by atoms with Crippen LogP contribution in [-0.4, -0.2) is 23.1 Å². The molecular weight excluding hydrogens is 196 g/mol. The van der Waals surface area contributed by atoms with E-state index in [-0.39, 0.29) is 22.9 Å². The van der Waals surface area contributed by atoms with Gasteiger partial charge in [0.15, 0.2) is 0 Å². The van der Waals surface area contributed by atoms with Crippen LogP contribution in [0, 0.1) is 11.3 Å². The maximum Gasteiger partial charge on any atom is 0.331 e. The third-order valence-corrected chi connectivity index (χ3v) is 2.91. The molecule has 2 atom stereocenters. The third-order valence-electron chi connectivity index (χ3n) is 2.91. The molecule has 2 unspecified atom stereocenters. The number of aliphatic carboxylic acids is 1. The molecule has 1 fully saturated rings. The normalized spacial score (nSPS) is 25.8. The summed E-state index contributed by atoms with van der Waals surface area (Å²) >= 11 is 0. The summed E-state index contributed by atoms with van der Waals surface area (Å²) in [6.07, 6.45) is -0.0665. The molecule has 1 aliphatic heterocycles. The molecule has 15 heavy (non-hydrogen) atoms. The first-order valence-corrected chi connectivity index (χ1v) is 4.87. The van der Waals surface area contributed by atoms with Gasteiger partial charge in [0, 0.05) is 16.9 Å². The van der Waals surface area contributed by atoms with Gasteiger partial charge in [-0.15, -0.1) is 0 Å². The molecule has 0 bridgehead atoms. The van der Waals surface area contributed by atoms with Crippen LogP contribution in [-0.2, 0) is 14.3 Å². The van der Waals surface area contributed by atoms with E-state index in [4.69, 9.17) is 9.84 Å². The topological polar surface area (TPSA) is 63.6 Å².